The molecule has 0 unspecified atom stereocenters. The molecule has 2 aromatic rings. The summed E-state index contributed by atoms with van der Waals surface area (Å²) in [6, 6.07) is 1.19. The molecular formula is C22H24F6N4O2. The van der Waals surface area contributed by atoms with Crippen LogP contribution in [0, 0.1) is 18.7 Å². The van der Waals surface area contributed by atoms with Crippen molar-refractivity contribution in [3.63, 3.8) is 0 Å². The number of aryl methyl sites for hydroxylation is 1. The molecule has 1 aliphatic rings. The second-order valence-corrected chi connectivity index (χ2v) is 8.37. The van der Waals surface area contributed by atoms with Gasteiger partial charge in [0.1, 0.15) is 11.6 Å². The molecule has 1 heterocycles. The zero-order chi connectivity index (χ0) is 25.2. The lowest BCUT2D eigenvalue weighted by Gasteiger charge is -2.35. The number of halogens is 6. The molecule has 3 rings (SSSR count). The van der Waals surface area contributed by atoms with Crippen LogP contribution in [0.15, 0.2) is 24.5 Å². The van der Waals surface area contributed by atoms with Crippen molar-refractivity contribution < 1.29 is 35.9 Å². The minimum Gasteiger partial charge on any atom is -0.339 e. The van der Waals surface area contributed by atoms with Crippen LogP contribution < -0.4 is 5.32 Å². The number of benzene rings is 1. The van der Waals surface area contributed by atoms with Crippen LogP contribution in [0.1, 0.15) is 47.3 Å². The van der Waals surface area contributed by atoms with E-state index in [0.717, 1.165) is 10.6 Å². The molecule has 1 N–H and O–H groups in total. The summed E-state index contributed by atoms with van der Waals surface area (Å²) in [6.45, 7) is 0.941. The van der Waals surface area contributed by atoms with Crippen LogP contribution in [0.25, 0.3) is 0 Å². The molecule has 6 nitrogen and oxygen atoms in total. The van der Waals surface area contributed by atoms with Gasteiger partial charge in [0, 0.05) is 24.6 Å². The van der Waals surface area contributed by atoms with Gasteiger partial charge in [-0.05, 0) is 44.4 Å². The van der Waals surface area contributed by atoms with E-state index in [2.05, 4.69) is 10.3 Å². The van der Waals surface area contributed by atoms with Crippen LogP contribution in [-0.2, 0) is 17.5 Å². The van der Waals surface area contributed by atoms with Crippen molar-refractivity contribution in [3.05, 3.63) is 47.2 Å². The van der Waals surface area contributed by atoms with Gasteiger partial charge in [0.15, 0.2) is 0 Å². The topological polar surface area (TPSA) is 67.2 Å². The number of imidazole rings is 1. The van der Waals surface area contributed by atoms with Crippen molar-refractivity contribution in [2.24, 2.45) is 5.92 Å². The molecule has 34 heavy (non-hydrogen) atoms. The number of alkyl halides is 5. The van der Waals surface area contributed by atoms with E-state index in [1.54, 1.807) is 6.92 Å². The molecule has 12 heteroatoms. The molecule has 1 aliphatic carbocycles. The quantitative estimate of drug-likeness (QED) is 0.587. The van der Waals surface area contributed by atoms with E-state index in [4.69, 9.17) is 0 Å². The number of hydrogen-bond acceptors (Lipinski definition) is 3. The summed E-state index contributed by atoms with van der Waals surface area (Å²) in [4.78, 5) is 30.8. The number of anilines is 1. The molecule has 1 fully saturated rings. The third kappa shape index (κ3) is 5.89. The van der Waals surface area contributed by atoms with Gasteiger partial charge in [-0.3, -0.25) is 9.59 Å². The van der Waals surface area contributed by atoms with E-state index < -0.39 is 59.9 Å². The lowest BCUT2D eigenvalue weighted by Crippen LogP contribution is -2.42. The van der Waals surface area contributed by atoms with Crippen LogP contribution in [0.2, 0.25) is 0 Å². The molecule has 1 saturated carbocycles. The molecule has 1 aromatic carbocycles. The summed E-state index contributed by atoms with van der Waals surface area (Å²) in [7, 11) is 1.40. The maximum absolute atomic E-state index is 13.7. The Bertz CT molecular complexity index is 1050. The van der Waals surface area contributed by atoms with Crippen molar-refractivity contribution in [1.82, 2.24) is 14.5 Å². The molecule has 2 amide bonds. The third-order valence-electron chi connectivity index (χ3n) is 5.95. The first kappa shape index (κ1) is 25.6. The fraction of sp³-hybridized carbons (Fsp3) is 0.500. The highest BCUT2D eigenvalue weighted by Crippen LogP contribution is 2.32. The first-order chi connectivity index (χ1) is 15.9. The zero-order valence-electron chi connectivity index (χ0n) is 18.5. The van der Waals surface area contributed by atoms with Gasteiger partial charge in [0.05, 0.1) is 24.1 Å². The van der Waals surface area contributed by atoms with Crippen LogP contribution in [0.3, 0.4) is 0 Å². The number of nitrogens with one attached hydrogen (secondary N) is 1. The lowest BCUT2D eigenvalue weighted by molar-refractivity contribution is -0.137. The lowest BCUT2D eigenvalue weighted by atomic mass is 9.84. The summed E-state index contributed by atoms with van der Waals surface area (Å²) in [5, 5.41) is 2.64. The highest BCUT2D eigenvalue weighted by molar-refractivity contribution is 5.95. The largest absolute Gasteiger partial charge is 0.416 e. The minimum absolute atomic E-state index is 0.163. The van der Waals surface area contributed by atoms with Crippen LogP contribution in [0.4, 0.5) is 32.2 Å². The summed E-state index contributed by atoms with van der Waals surface area (Å²) < 4.78 is 79.5. The summed E-state index contributed by atoms with van der Waals surface area (Å²) in [5.41, 5.74) is -1.32. The van der Waals surface area contributed by atoms with Gasteiger partial charge in [-0.15, -0.1) is 0 Å². The van der Waals surface area contributed by atoms with Gasteiger partial charge in [0.2, 0.25) is 5.91 Å². The Kier molecular flexibility index (Phi) is 7.57. The number of rotatable bonds is 6. The molecule has 2 atom stereocenters. The van der Waals surface area contributed by atoms with Crippen molar-refractivity contribution in [1.29, 1.82) is 0 Å². The Labute approximate surface area is 191 Å². The average Bonchev–Trinajstić information content (AvgIpc) is 3.10. The third-order valence-corrected chi connectivity index (χ3v) is 5.95. The van der Waals surface area contributed by atoms with E-state index in [9.17, 15) is 35.9 Å². The van der Waals surface area contributed by atoms with E-state index >= 15 is 0 Å². The Balaban J connectivity index is 1.71. The molecule has 0 saturated heterocycles. The maximum atomic E-state index is 13.7. The Hall–Kier alpha value is -3.05. The summed E-state index contributed by atoms with van der Waals surface area (Å²) in [6.07, 6.45) is -4.45. The first-order valence-electron chi connectivity index (χ1n) is 10.6. The monoisotopic (exact) mass is 490 g/mol. The maximum Gasteiger partial charge on any atom is 0.416 e. The highest BCUT2D eigenvalue weighted by Gasteiger charge is 2.35. The predicted molar refractivity (Wildman–Crippen MR) is 111 cm³/mol. The molecule has 0 bridgehead atoms. The van der Waals surface area contributed by atoms with Crippen LogP contribution >= 0.6 is 0 Å². The highest BCUT2D eigenvalue weighted by atomic mass is 19.4. The number of carbonyl (C=O) groups excluding carboxylic acids is 2. The Morgan fingerprint density at radius 3 is 2.59 bits per heavy atom. The van der Waals surface area contributed by atoms with Gasteiger partial charge in [0.25, 0.3) is 12.3 Å². The number of nitrogens with zero attached hydrogens (tertiary/aromatic N) is 3. The standard InChI is InChI=1S/C22H24F6N4O2/c1-12-19(32(11-29-12)10-18(24)25)30-20(33)13-4-3-5-17(8-13)31(2)21(34)14-6-15(22(26,27)28)9-16(23)7-14/h6-7,9,11,13,17-18H,3-5,8,10H2,1-2H3,(H,30,33)/t13-,17+/m1/s1. The molecular weight excluding hydrogens is 466 g/mol. The van der Waals surface area contributed by atoms with Crippen molar-refractivity contribution in [2.45, 2.75) is 57.8 Å². The normalized spacial score (nSPS) is 18.7. The van der Waals surface area contributed by atoms with Crippen molar-refractivity contribution >= 4 is 17.6 Å². The van der Waals surface area contributed by atoms with Crippen molar-refractivity contribution in [3.8, 4) is 0 Å². The SMILES string of the molecule is Cc1ncn(CC(F)F)c1NC(=O)[C@@H]1CCC[C@H](N(C)C(=O)c2cc(F)cc(C(F)(F)F)c2)C1. The van der Waals surface area contributed by atoms with E-state index in [-0.39, 0.29) is 12.2 Å². The number of amides is 2. The zero-order valence-corrected chi connectivity index (χ0v) is 18.5. The van der Waals surface area contributed by atoms with Gasteiger partial charge in [-0.2, -0.15) is 13.2 Å². The molecule has 0 spiro atoms. The first-order valence-corrected chi connectivity index (χ1v) is 10.6. The second kappa shape index (κ2) is 10.1. The minimum atomic E-state index is -4.81. The predicted octanol–water partition coefficient (Wildman–Crippen LogP) is 4.88. The van der Waals surface area contributed by atoms with E-state index in [1.165, 1.54) is 18.3 Å². The Morgan fingerprint density at radius 1 is 1.24 bits per heavy atom. The molecule has 0 aliphatic heterocycles. The fourth-order valence-corrected chi connectivity index (χ4v) is 4.15. The van der Waals surface area contributed by atoms with Gasteiger partial charge < -0.3 is 14.8 Å². The molecule has 0 radical (unpaired) electrons. The van der Waals surface area contributed by atoms with Crippen LogP contribution in [0.5, 0.6) is 0 Å². The van der Waals surface area contributed by atoms with Gasteiger partial charge in [-0.25, -0.2) is 18.2 Å². The Morgan fingerprint density at radius 2 is 1.94 bits per heavy atom. The van der Waals surface area contributed by atoms with Gasteiger partial charge >= 0.3 is 6.18 Å². The molecule has 186 valence electrons. The van der Waals surface area contributed by atoms with Crippen molar-refractivity contribution in [2.75, 3.05) is 12.4 Å². The van der Waals surface area contributed by atoms with Crippen LogP contribution in [-0.4, -0.2) is 45.8 Å². The number of carbonyl (C=O) groups is 2. The number of hydrogen-bond donors (Lipinski definition) is 1. The smallest absolute Gasteiger partial charge is 0.339 e. The average molecular weight is 490 g/mol. The number of aromatic nitrogens is 2. The van der Waals surface area contributed by atoms with Gasteiger partial charge in [-0.1, -0.05) is 6.42 Å². The van der Waals surface area contributed by atoms with E-state index in [1.807, 2.05) is 0 Å². The molecule has 1 aromatic heterocycles. The second-order valence-electron chi connectivity index (χ2n) is 8.37. The van der Waals surface area contributed by atoms with E-state index in [0.29, 0.717) is 37.1 Å². The summed E-state index contributed by atoms with van der Waals surface area (Å²) in [5.74, 6) is -2.78. The fourth-order valence-electron chi connectivity index (χ4n) is 4.15. The summed E-state index contributed by atoms with van der Waals surface area (Å²) >= 11 is 0.